The van der Waals surface area contributed by atoms with Crippen molar-refractivity contribution in [3.63, 3.8) is 0 Å². The van der Waals surface area contributed by atoms with Crippen molar-refractivity contribution >= 4 is 42.4 Å². The summed E-state index contributed by atoms with van der Waals surface area (Å²) in [6.07, 6.45) is -0.273. The van der Waals surface area contributed by atoms with E-state index < -0.39 is 54.3 Å². The Kier molecular flexibility index (Phi) is 8.55. The van der Waals surface area contributed by atoms with Gasteiger partial charge in [-0.15, -0.1) is 0 Å². The number of methoxy groups -OCH3 is 1. The van der Waals surface area contributed by atoms with Gasteiger partial charge in [0.2, 0.25) is 10.0 Å². The number of halogens is 5. The second-order valence-corrected chi connectivity index (χ2v) is 13.4. The minimum absolute atomic E-state index is 0.0719. The Morgan fingerprint density at radius 3 is 2.25 bits per heavy atom. The molecule has 0 saturated carbocycles. The largest absolute Gasteiger partial charge is 0.511 e. The number of ether oxygens (including phenoxy) is 1. The minimum atomic E-state index is -5.62. The van der Waals surface area contributed by atoms with Gasteiger partial charge in [0.25, 0.3) is 0 Å². The van der Waals surface area contributed by atoms with Crippen LogP contribution in [0.4, 0.5) is 17.6 Å². The summed E-state index contributed by atoms with van der Waals surface area (Å²) >= 11 is 5.99. The van der Waals surface area contributed by atoms with Gasteiger partial charge in [0.1, 0.15) is 5.82 Å². The fraction of sp³-hybridized carbons (Fsp3) is 0.400. The molecule has 36 heavy (non-hydrogen) atoms. The maximum atomic E-state index is 14.2. The molecule has 2 aromatic carbocycles. The van der Waals surface area contributed by atoms with Crippen LogP contribution >= 0.6 is 11.6 Å². The lowest BCUT2D eigenvalue weighted by atomic mass is 9.92. The van der Waals surface area contributed by atoms with Crippen LogP contribution in [0.15, 0.2) is 57.2 Å². The van der Waals surface area contributed by atoms with E-state index in [0.717, 1.165) is 22.5 Å². The first kappa shape index (κ1) is 28.9. The predicted molar refractivity (Wildman–Crippen MR) is 123 cm³/mol. The summed E-state index contributed by atoms with van der Waals surface area (Å²) in [4.78, 5) is -0.865. The molecule has 1 atom stereocenters. The van der Waals surface area contributed by atoms with Crippen molar-refractivity contribution in [1.29, 1.82) is 0 Å². The molecule has 200 valence electrons. The average molecular weight is 593 g/mol. The number of rotatable bonds is 8. The van der Waals surface area contributed by atoms with E-state index in [1.54, 1.807) is 0 Å². The van der Waals surface area contributed by atoms with E-state index in [2.05, 4.69) is 0 Å². The third-order valence-electron chi connectivity index (χ3n) is 5.72. The first-order valence-electron chi connectivity index (χ1n) is 10.2. The molecule has 0 amide bonds. The lowest BCUT2D eigenvalue weighted by Crippen LogP contribution is -2.54. The lowest BCUT2D eigenvalue weighted by molar-refractivity contribution is -0.0514. The minimum Gasteiger partial charge on any atom is -0.377 e. The topological polar surface area (TPSA) is 110 Å². The monoisotopic (exact) mass is 592 g/mol. The number of sulfonamides is 2. The Hall–Kier alpha value is -1.62. The molecule has 1 fully saturated rings. The normalized spacial score (nSPS) is 18.2. The van der Waals surface area contributed by atoms with E-state index in [1.807, 2.05) is 0 Å². The summed E-state index contributed by atoms with van der Waals surface area (Å²) in [5, 5.41) is 0.0719. The molecule has 1 saturated heterocycles. The Labute approximate surface area is 213 Å². The van der Waals surface area contributed by atoms with Crippen LogP contribution in [0.3, 0.4) is 0 Å². The van der Waals surface area contributed by atoms with E-state index >= 15 is 0 Å². The number of piperidine rings is 1. The summed E-state index contributed by atoms with van der Waals surface area (Å²) in [7, 11) is -11.0. The van der Waals surface area contributed by atoms with Gasteiger partial charge in [-0.2, -0.15) is 17.5 Å². The fourth-order valence-corrected chi connectivity index (χ4v) is 7.65. The van der Waals surface area contributed by atoms with E-state index in [1.165, 1.54) is 36.1 Å². The summed E-state index contributed by atoms with van der Waals surface area (Å²) in [6.45, 7) is -1.20. The highest BCUT2D eigenvalue weighted by Gasteiger charge is 2.48. The van der Waals surface area contributed by atoms with Gasteiger partial charge in [-0.25, -0.2) is 30.2 Å². The van der Waals surface area contributed by atoms with Gasteiger partial charge in [0.05, 0.1) is 31.1 Å². The van der Waals surface area contributed by atoms with Crippen LogP contribution in [-0.2, 0) is 35.6 Å². The second-order valence-electron chi connectivity index (χ2n) is 7.85. The maximum Gasteiger partial charge on any atom is 0.511 e. The second kappa shape index (κ2) is 10.6. The van der Waals surface area contributed by atoms with Crippen molar-refractivity contribution in [3.05, 3.63) is 53.3 Å². The van der Waals surface area contributed by atoms with Gasteiger partial charge < -0.3 is 4.74 Å². The number of hydrogen-bond donors (Lipinski definition) is 1. The average Bonchev–Trinajstić information content (AvgIpc) is 2.82. The van der Waals surface area contributed by atoms with Crippen molar-refractivity contribution in [2.75, 3.05) is 26.7 Å². The van der Waals surface area contributed by atoms with Crippen molar-refractivity contribution in [3.8, 4) is 0 Å². The SMILES string of the molecule is COC1(CNS(=O)(=O)C(F)(F)F)CCN(S(=O)(=O)c2ccc(Cl)cc2S(=O)c2ccccc2F)CC1. The van der Waals surface area contributed by atoms with E-state index in [0.29, 0.717) is 0 Å². The molecule has 1 unspecified atom stereocenters. The molecule has 8 nitrogen and oxygen atoms in total. The standard InChI is InChI=1S/C20H21ClF4N2O6S3/c1-33-19(13-26-36(31,32)20(23,24)25)8-10-27(11-9-19)35(29,30)18-7-6-14(21)12-17(18)34(28)16-5-3-2-4-15(16)22/h2-7,12,26H,8-11,13H2,1H3. The van der Waals surface area contributed by atoms with Crippen LogP contribution in [0, 0.1) is 5.82 Å². The quantitative estimate of drug-likeness (QED) is 0.471. The summed E-state index contributed by atoms with van der Waals surface area (Å²) in [6, 6.07) is 8.72. The van der Waals surface area contributed by atoms with Crippen LogP contribution in [-0.4, -0.2) is 63.2 Å². The van der Waals surface area contributed by atoms with Gasteiger partial charge in [-0.3, -0.25) is 0 Å². The summed E-state index contributed by atoms with van der Waals surface area (Å²) < 4.78 is 123. The first-order valence-corrected chi connectivity index (χ1v) is 14.7. The number of hydrogen-bond acceptors (Lipinski definition) is 6. The summed E-state index contributed by atoms with van der Waals surface area (Å²) in [5.74, 6) is -0.802. The van der Waals surface area contributed by atoms with Gasteiger partial charge in [-0.1, -0.05) is 23.7 Å². The van der Waals surface area contributed by atoms with E-state index in [9.17, 15) is 38.6 Å². The third kappa shape index (κ3) is 5.92. The molecule has 0 bridgehead atoms. The molecule has 0 radical (unpaired) electrons. The van der Waals surface area contributed by atoms with Gasteiger partial charge >= 0.3 is 15.5 Å². The number of alkyl halides is 3. The molecular weight excluding hydrogens is 572 g/mol. The zero-order chi connectivity index (χ0) is 26.9. The van der Waals surface area contributed by atoms with E-state index in [-0.39, 0.29) is 45.6 Å². The predicted octanol–water partition coefficient (Wildman–Crippen LogP) is 3.25. The molecule has 16 heteroatoms. The first-order chi connectivity index (χ1) is 16.6. The van der Waals surface area contributed by atoms with E-state index in [4.69, 9.17) is 16.3 Å². The van der Waals surface area contributed by atoms with Gasteiger partial charge in [0.15, 0.2) is 0 Å². The van der Waals surface area contributed by atoms with Crippen LogP contribution in [0.2, 0.25) is 5.02 Å². The Balaban J connectivity index is 1.86. The van der Waals surface area contributed by atoms with Gasteiger partial charge in [0, 0.05) is 31.8 Å². The van der Waals surface area contributed by atoms with Crippen LogP contribution in [0.1, 0.15) is 12.8 Å². The molecule has 2 aromatic rings. The Morgan fingerprint density at radius 1 is 1.08 bits per heavy atom. The highest BCUT2D eigenvalue weighted by molar-refractivity contribution is 7.91. The molecule has 1 aliphatic heterocycles. The van der Waals surface area contributed by atoms with Gasteiger partial charge in [-0.05, 0) is 43.2 Å². The molecule has 1 heterocycles. The lowest BCUT2D eigenvalue weighted by Gasteiger charge is -2.40. The zero-order valence-electron chi connectivity index (χ0n) is 18.6. The van der Waals surface area contributed by atoms with Crippen molar-refractivity contribution < 1.29 is 43.3 Å². The molecular formula is C20H21ClF4N2O6S3. The molecule has 0 spiro atoms. The highest BCUT2D eigenvalue weighted by Crippen LogP contribution is 2.34. The number of benzene rings is 2. The maximum absolute atomic E-state index is 14.2. The van der Waals surface area contributed by atoms with Crippen LogP contribution in [0.5, 0.6) is 0 Å². The van der Waals surface area contributed by atoms with Crippen molar-refractivity contribution in [2.45, 2.75) is 38.6 Å². The van der Waals surface area contributed by atoms with Crippen molar-refractivity contribution in [2.24, 2.45) is 0 Å². The van der Waals surface area contributed by atoms with Crippen LogP contribution in [0.25, 0.3) is 0 Å². The Morgan fingerprint density at radius 2 is 1.69 bits per heavy atom. The van der Waals surface area contributed by atoms with Crippen molar-refractivity contribution in [1.82, 2.24) is 9.03 Å². The fourth-order valence-electron chi connectivity index (χ4n) is 3.59. The molecule has 3 rings (SSSR count). The zero-order valence-corrected chi connectivity index (χ0v) is 21.8. The summed E-state index contributed by atoms with van der Waals surface area (Å²) in [5.41, 5.74) is -6.89. The number of nitrogens with one attached hydrogen (secondary N) is 1. The molecule has 0 aliphatic carbocycles. The van der Waals surface area contributed by atoms with Crippen LogP contribution < -0.4 is 4.72 Å². The highest BCUT2D eigenvalue weighted by atomic mass is 35.5. The molecule has 1 aliphatic rings. The molecule has 0 aromatic heterocycles. The number of nitrogens with zero attached hydrogens (tertiary/aromatic N) is 1. The molecule has 1 N–H and O–H groups in total. The smallest absolute Gasteiger partial charge is 0.377 e. The Bertz CT molecular complexity index is 1360. The third-order valence-corrected chi connectivity index (χ3v) is 10.6.